The van der Waals surface area contributed by atoms with Crippen LogP contribution in [-0.2, 0) is 0 Å². The zero-order valence-corrected chi connectivity index (χ0v) is 14.0. The van der Waals surface area contributed by atoms with E-state index in [4.69, 9.17) is 16.6 Å². The molecule has 1 fully saturated rings. The van der Waals surface area contributed by atoms with Crippen LogP contribution in [0.5, 0.6) is 0 Å². The lowest BCUT2D eigenvalue weighted by molar-refractivity contribution is 0.0705. The Balaban J connectivity index is 1.57. The van der Waals surface area contributed by atoms with Crippen molar-refractivity contribution in [1.82, 2.24) is 14.9 Å². The highest BCUT2D eigenvalue weighted by Crippen LogP contribution is 2.28. The molecule has 122 valence electrons. The third kappa shape index (κ3) is 2.78. The first-order chi connectivity index (χ1) is 11.7. The number of aromatic amines is 1. The minimum absolute atomic E-state index is 0.00131. The number of nitrogens with zero attached hydrogens (tertiary/aromatic N) is 2. The number of benzene rings is 2. The van der Waals surface area contributed by atoms with Crippen molar-refractivity contribution in [3.05, 3.63) is 64.9 Å². The first-order valence-electron chi connectivity index (χ1n) is 8.21. The van der Waals surface area contributed by atoms with Crippen LogP contribution in [0, 0.1) is 0 Å². The minimum Gasteiger partial charge on any atom is -0.342 e. The molecule has 2 aromatic carbocycles. The Morgan fingerprint density at radius 3 is 2.79 bits per heavy atom. The summed E-state index contributed by atoms with van der Waals surface area (Å²) in [6.45, 7) is 1.44. The van der Waals surface area contributed by atoms with E-state index >= 15 is 0 Å². The van der Waals surface area contributed by atoms with Crippen LogP contribution in [-0.4, -0.2) is 33.9 Å². The number of H-pyrrole nitrogens is 1. The monoisotopic (exact) mass is 339 g/mol. The zero-order chi connectivity index (χ0) is 16.5. The number of amides is 1. The van der Waals surface area contributed by atoms with Crippen LogP contribution < -0.4 is 0 Å². The van der Waals surface area contributed by atoms with Gasteiger partial charge in [0, 0.05) is 19.0 Å². The van der Waals surface area contributed by atoms with Gasteiger partial charge >= 0.3 is 0 Å². The van der Waals surface area contributed by atoms with E-state index in [1.54, 1.807) is 12.1 Å². The molecule has 4 rings (SSSR count). The van der Waals surface area contributed by atoms with Crippen molar-refractivity contribution in [3.8, 4) is 0 Å². The van der Waals surface area contributed by atoms with Crippen LogP contribution in [0.3, 0.4) is 0 Å². The predicted octanol–water partition coefficient (Wildman–Crippen LogP) is 4.24. The standard InChI is InChI=1S/C19H18ClN3O/c20-15-8-2-1-7-14(15)19(24)23-11-5-6-13(12-23)18-21-16-9-3-4-10-17(16)22-18/h1-4,7-10,13H,5-6,11-12H2,(H,21,22). The van der Waals surface area contributed by atoms with Gasteiger partial charge in [0.2, 0.25) is 0 Å². The molecule has 1 N–H and O–H groups in total. The molecule has 0 spiro atoms. The average Bonchev–Trinajstić information content (AvgIpc) is 3.06. The number of piperidine rings is 1. The van der Waals surface area contributed by atoms with Gasteiger partial charge in [-0.15, -0.1) is 0 Å². The molecule has 2 heterocycles. The van der Waals surface area contributed by atoms with Crippen molar-refractivity contribution < 1.29 is 4.79 Å². The van der Waals surface area contributed by atoms with Gasteiger partial charge in [0.05, 0.1) is 21.6 Å². The SMILES string of the molecule is O=C(c1ccccc1Cl)N1CCCC(c2nc3ccccc3[nH]2)C1. The molecule has 1 saturated heterocycles. The summed E-state index contributed by atoms with van der Waals surface area (Å²) < 4.78 is 0. The summed E-state index contributed by atoms with van der Waals surface area (Å²) in [5, 5.41) is 0.508. The number of rotatable bonds is 2. The highest BCUT2D eigenvalue weighted by molar-refractivity contribution is 6.33. The second-order valence-electron chi connectivity index (χ2n) is 6.21. The van der Waals surface area contributed by atoms with Gasteiger partial charge in [-0.3, -0.25) is 4.79 Å². The van der Waals surface area contributed by atoms with Crippen LogP contribution in [0.15, 0.2) is 48.5 Å². The van der Waals surface area contributed by atoms with Crippen LogP contribution in [0.1, 0.15) is 34.9 Å². The highest BCUT2D eigenvalue weighted by atomic mass is 35.5. The Kier molecular flexibility index (Phi) is 3.98. The summed E-state index contributed by atoms with van der Waals surface area (Å²) in [6, 6.07) is 15.3. The number of nitrogens with one attached hydrogen (secondary N) is 1. The van der Waals surface area contributed by atoms with Crippen molar-refractivity contribution >= 4 is 28.5 Å². The zero-order valence-electron chi connectivity index (χ0n) is 13.2. The van der Waals surface area contributed by atoms with Gasteiger partial charge in [-0.05, 0) is 37.1 Å². The first kappa shape index (κ1) is 15.2. The van der Waals surface area contributed by atoms with Gasteiger partial charge in [-0.1, -0.05) is 35.9 Å². The molecule has 5 heteroatoms. The molecule has 1 amide bonds. The quantitative estimate of drug-likeness (QED) is 0.759. The Labute approximate surface area is 145 Å². The predicted molar refractivity (Wildman–Crippen MR) is 95.4 cm³/mol. The molecule has 1 aliphatic heterocycles. The maximum atomic E-state index is 12.8. The third-order valence-corrected chi connectivity index (χ3v) is 4.94. The fourth-order valence-corrected chi connectivity index (χ4v) is 3.57. The summed E-state index contributed by atoms with van der Waals surface area (Å²) in [7, 11) is 0. The molecule has 4 nitrogen and oxygen atoms in total. The van der Waals surface area contributed by atoms with Crippen molar-refractivity contribution in [2.75, 3.05) is 13.1 Å². The summed E-state index contributed by atoms with van der Waals surface area (Å²) in [5.41, 5.74) is 2.59. The molecule has 1 atom stereocenters. The van der Waals surface area contributed by atoms with E-state index in [0.717, 1.165) is 36.2 Å². The number of carbonyl (C=O) groups excluding carboxylic acids is 1. The topological polar surface area (TPSA) is 49.0 Å². The third-order valence-electron chi connectivity index (χ3n) is 4.61. The number of para-hydroxylation sites is 2. The van der Waals surface area contributed by atoms with Crippen LogP contribution >= 0.6 is 11.6 Å². The average molecular weight is 340 g/mol. The number of halogens is 1. The number of hydrogen-bond acceptors (Lipinski definition) is 2. The van der Waals surface area contributed by atoms with E-state index in [2.05, 4.69) is 4.98 Å². The van der Waals surface area contributed by atoms with Gasteiger partial charge in [-0.25, -0.2) is 4.98 Å². The molecule has 0 aliphatic carbocycles. The molecular formula is C19H18ClN3O. The first-order valence-corrected chi connectivity index (χ1v) is 8.58. The van der Waals surface area contributed by atoms with E-state index < -0.39 is 0 Å². The lowest BCUT2D eigenvalue weighted by atomic mass is 9.96. The molecule has 1 aliphatic rings. The molecular weight excluding hydrogens is 322 g/mol. The van der Waals surface area contributed by atoms with Gasteiger partial charge in [0.15, 0.2) is 0 Å². The van der Waals surface area contributed by atoms with Crippen LogP contribution in [0.4, 0.5) is 0 Å². The Bertz CT molecular complexity index is 856. The number of imidazole rings is 1. The summed E-state index contributed by atoms with van der Waals surface area (Å²) >= 11 is 6.18. The van der Waals surface area contributed by atoms with Gasteiger partial charge < -0.3 is 9.88 Å². The smallest absolute Gasteiger partial charge is 0.255 e. The molecule has 1 aromatic heterocycles. The van der Waals surface area contributed by atoms with Gasteiger partial charge in [0.25, 0.3) is 5.91 Å². The lowest BCUT2D eigenvalue weighted by Gasteiger charge is -2.32. The second kappa shape index (κ2) is 6.29. The largest absolute Gasteiger partial charge is 0.342 e. The van der Waals surface area contributed by atoms with E-state index in [-0.39, 0.29) is 11.8 Å². The Morgan fingerprint density at radius 2 is 1.96 bits per heavy atom. The van der Waals surface area contributed by atoms with Crippen molar-refractivity contribution in [3.63, 3.8) is 0 Å². The van der Waals surface area contributed by atoms with Gasteiger partial charge in [-0.2, -0.15) is 0 Å². The summed E-state index contributed by atoms with van der Waals surface area (Å²) in [6.07, 6.45) is 2.00. The summed E-state index contributed by atoms with van der Waals surface area (Å²) in [5.74, 6) is 1.20. The Morgan fingerprint density at radius 1 is 1.17 bits per heavy atom. The Hall–Kier alpha value is -2.33. The van der Waals surface area contributed by atoms with E-state index in [1.807, 2.05) is 41.3 Å². The van der Waals surface area contributed by atoms with Gasteiger partial charge in [0.1, 0.15) is 5.82 Å². The molecule has 3 aromatic rings. The highest BCUT2D eigenvalue weighted by Gasteiger charge is 2.28. The minimum atomic E-state index is 0.00131. The number of likely N-dealkylation sites (tertiary alicyclic amines) is 1. The van der Waals surface area contributed by atoms with Crippen molar-refractivity contribution in [1.29, 1.82) is 0 Å². The second-order valence-corrected chi connectivity index (χ2v) is 6.62. The maximum Gasteiger partial charge on any atom is 0.255 e. The molecule has 0 bridgehead atoms. The van der Waals surface area contributed by atoms with Crippen molar-refractivity contribution in [2.24, 2.45) is 0 Å². The van der Waals surface area contributed by atoms with Crippen LogP contribution in [0.2, 0.25) is 5.02 Å². The van der Waals surface area contributed by atoms with E-state index in [0.29, 0.717) is 17.1 Å². The lowest BCUT2D eigenvalue weighted by Crippen LogP contribution is -2.39. The molecule has 0 saturated carbocycles. The van der Waals surface area contributed by atoms with E-state index in [1.165, 1.54) is 0 Å². The number of fused-ring (bicyclic) bond motifs is 1. The van der Waals surface area contributed by atoms with Crippen molar-refractivity contribution in [2.45, 2.75) is 18.8 Å². The number of carbonyl (C=O) groups is 1. The van der Waals surface area contributed by atoms with Crippen LogP contribution in [0.25, 0.3) is 11.0 Å². The molecule has 1 unspecified atom stereocenters. The normalized spacial score (nSPS) is 18.0. The molecule has 0 radical (unpaired) electrons. The maximum absolute atomic E-state index is 12.8. The number of hydrogen-bond donors (Lipinski definition) is 1. The summed E-state index contributed by atoms with van der Waals surface area (Å²) in [4.78, 5) is 22.8. The fraction of sp³-hybridized carbons (Fsp3) is 0.263. The van der Waals surface area contributed by atoms with E-state index in [9.17, 15) is 4.79 Å². The molecule has 24 heavy (non-hydrogen) atoms. The number of aromatic nitrogens is 2. The fourth-order valence-electron chi connectivity index (χ4n) is 3.36.